The summed E-state index contributed by atoms with van der Waals surface area (Å²) < 4.78 is 32.4. The monoisotopic (exact) mass is 922 g/mol. The number of alkyl carbamates (subject to hydrolysis) is 1. The van der Waals surface area contributed by atoms with Gasteiger partial charge in [-0.05, 0) is 88.5 Å². The molecular weight excluding hydrogens is 856 g/mol. The summed E-state index contributed by atoms with van der Waals surface area (Å²) in [4.78, 5) is 71.5. The van der Waals surface area contributed by atoms with Crippen LogP contribution in [-0.4, -0.2) is 93.7 Å². The zero-order valence-electron chi connectivity index (χ0n) is 39.0. The lowest BCUT2D eigenvalue weighted by molar-refractivity contribution is -0.149. The highest BCUT2D eigenvalue weighted by molar-refractivity contribution is 7.13. The van der Waals surface area contributed by atoms with Crippen molar-refractivity contribution >= 4 is 41.1 Å². The number of halogens is 1. The molecule has 5 rings (SSSR count). The summed E-state index contributed by atoms with van der Waals surface area (Å²) in [5.74, 6) is -4.63. The summed E-state index contributed by atoms with van der Waals surface area (Å²) in [6, 6.07) is 13.3. The molecule has 1 saturated carbocycles. The molecule has 2 fully saturated rings. The van der Waals surface area contributed by atoms with Crippen LogP contribution in [0.25, 0.3) is 10.4 Å². The smallest absolute Gasteiger partial charge is 0.407 e. The lowest BCUT2D eigenvalue weighted by Crippen LogP contribution is -2.55. The van der Waals surface area contributed by atoms with Crippen molar-refractivity contribution < 1.29 is 47.7 Å². The maximum atomic E-state index is 14.6. The van der Waals surface area contributed by atoms with Crippen molar-refractivity contribution in [3.8, 4) is 16.2 Å². The van der Waals surface area contributed by atoms with Crippen LogP contribution < -0.4 is 26.4 Å². The predicted molar refractivity (Wildman–Crippen MR) is 245 cm³/mol. The van der Waals surface area contributed by atoms with Gasteiger partial charge < -0.3 is 45.9 Å². The van der Waals surface area contributed by atoms with E-state index >= 15 is 0 Å². The molecule has 0 spiro atoms. The van der Waals surface area contributed by atoms with Gasteiger partial charge >= 0.3 is 6.09 Å². The van der Waals surface area contributed by atoms with Crippen molar-refractivity contribution in [3.63, 3.8) is 0 Å². The Labute approximate surface area is 385 Å². The summed E-state index contributed by atoms with van der Waals surface area (Å²) in [6.45, 7) is 14.9. The molecule has 2 aromatic carbocycles. The lowest BCUT2D eigenvalue weighted by Gasteiger charge is -2.34. The van der Waals surface area contributed by atoms with E-state index in [1.165, 1.54) is 16.2 Å². The van der Waals surface area contributed by atoms with Gasteiger partial charge in [0, 0.05) is 37.8 Å². The number of aliphatic hydroxyl groups is 1. The number of hydrogen-bond acceptors (Lipinski definition) is 11. The second kappa shape index (κ2) is 21.9. The van der Waals surface area contributed by atoms with Crippen LogP contribution in [0.2, 0.25) is 0 Å². The first-order valence-electron chi connectivity index (χ1n) is 22.4. The van der Waals surface area contributed by atoms with Gasteiger partial charge in [-0.1, -0.05) is 57.2 Å². The molecule has 1 aliphatic heterocycles. The molecule has 6 N–H and O–H groups in total. The van der Waals surface area contributed by atoms with Crippen molar-refractivity contribution in [3.05, 3.63) is 70.4 Å². The van der Waals surface area contributed by atoms with Crippen molar-refractivity contribution in [2.75, 3.05) is 13.2 Å². The van der Waals surface area contributed by atoms with Gasteiger partial charge in [-0.2, -0.15) is 0 Å². The average Bonchev–Trinajstić information content (AvgIpc) is 3.57. The summed E-state index contributed by atoms with van der Waals surface area (Å²) in [7, 11) is 0. The Morgan fingerprint density at radius 3 is 2.34 bits per heavy atom. The third-order valence-electron chi connectivity index (χ3n) is 11.4. The van der Waals surface area contributed by atoms with Gasteiger partial charge in [0.05, 0.1) is 54.0 Å². The van der Waals surface area contributed by atoms with Crippen molar-refractivity contribution in [2.45, 2.75) is 156 Å². The fourth-order valence-electron chi connectivity index (χ4n) is 7.67. The number of aliphatic hydroxyl groups excluding tert-OH is 1. The minimum atomic E-state index is -1.80. The Balaban J connectivity index is 1.16. The molecule has 5 amide bonds. The Kier molecular flexibility index (Phi) is 17.1. The second-order valence-electron chi connectivity index (χ2n) is 19.4. The fourth-order valence-corrected chi connectivity index (χ4v) is 8.47. The first-order chi connectivity index (χ1) is 30.5. The summed E-state index contributed by atoms with van der Waals surface area (Å²) in [6.07, 6.45) is 0.396. The van der Waals surface area contributed by atoms with Gasteiger partial charge in [-0.25, -0.2) is 14.2 Å². The number of thiazole rings is 1. The molecule has 17 heteroatoms. The number of unbranched alkanes of at least 4 members (excludes halogenated alkanes) is 1. The van der Waals surface area contributed by atoms with Crippen LogP contribution in [0.4, 0.5) is 9.18 Å². The fraction of sp³-hybridized carbons (Fsp3) is 0.583. The third kappa shape index (κ3) is 15.5. The molecule has 0 bridgehead atoms. The molecule has 0 unspecified atom stereocenters. The number of ether oxygens (including phenoxy) is 3. The maximum Gasteiger partial charge on any atom is 0.407 e. The number of β-amino-alcohol motifs (C(OH)–C–C–N with tert-alkyl or cyclic N) is 1. The minimum Gasteiger partial charge on any atom is -0.493 e. The zero-order chi connectivity index (χ0) is 47.7. The summed E-state index contributed by atoms with van der Waals surface area (Å²) >= 11 is 1.51. The molecule has 0 radical (unpaired) electrons. The van der Waals surface area contributed by atoms with Crippen LogP contribution in [0.3, 0.4) is 0 Å². The van der Waals surface area contributed by atoms with Crippen LogP contribution in [0, 0.1) is 18.3 Å². The number of carbonyl (C=O) groups excluding carboxylic acids is 5. The number of hydrogen-bond donors (Lipinski definition) is 5. The number of benzene rings is 2. The number of carbonyl (C=O) groups is 5. The number of aryl methyl sites for hydroxylation is 2. The number of nitrogens with zero attached hydrogens (tertiary/aromatic N) is 2. The Hall–Kier alpha value is -5.13. The molecule has 2 heterocycles. The first-order valence-corrected chi connectivity index (χ1v) is 23.3. The molecular formula is C48H67FN6O9S. The molecule has 1 saturated heterocycles. The third-order valence-corrected chi connectivity index (χ3v) is 12.3. The van der Waals surface area contributed by atoms with Crippen LogP contribution >= 0.6 is 11.3 Å². The number of aromatic nitrogens is 1. The number of alkyl halides is 1. The predicted octanol–water partition coefficient (Wildman–Crippen LogP) is 6.40. The van der Waals surface area contributed by atoms with Gasteiger partial charge in [0.1, 0.15) is 23.4 Å². The normalized spacial score (nSPS) is 18.3. The van der Waals surface area contributed by atoms with Crippen molar-refractivity contribution in [1.82, 2.24) is 25.8 Å². The van der Waals surface area contributed by atoms with E-state index in [1.807, 2.05) is 44.2 Å². The highest BCUT2D eigenvalue weighted by Crippen LogP contribution is 2.39. The Morgan fingerprint density at radius 1 is 1.03 bits per heavy atom. The van der Waals surface area contributed by atoms with E-state index in [0.29, 0.717) is 30.9 Å². The number of nitrogens with two attached hydrogens (primary N) is 1. The van der Waals surface area contributed by atoms with E-state index in [4.69, 9.17) is 19.9 Å². The summed E-state index contributed by atoms with van der Waals surface area (Å²) in [5, 5.41) is 18.7. The molecule has 1 aromatic heterocycles. The van der Waals surface area contributed by atoms with Gasteiger partial charge in [0.15, 0.2) is 5.79 Å². The topological polar surface area (TPSA) is 212 Å². The number of nitrogens with one attached hydrogen (secondary N) is 3. The van der Waals surface area contributed by atoms with E-state index in [-0.39, 0.29) is 38.6 Å². The van der Waals surface area contributed by atoms with Crippen LogP contribution in [0.15, 0.2) is 48.0 Å². The van der Waals surface area contributed by atoms with E-state index in [2.05, 4.69) is 33.1 Å². The lowest BCUT2D eigenvalue weighted by atomic mass is 9.79. The molecule has 3 aromatic rings. The summed E-state index contributed by atoms with van der Waals surface area (Å²) in [5.41, 5.74) is 10.1. The second-order valence-corrected chi connectivity index (χ2v) is 20.2. The van der Waals surface area contributed by atoms with Gasteiger partial charge in [0.2, 0.25) is 23.6 Å². The van der Waals surface area contributed by atoms with E-state index in [0.717, 1.165) is 46.5 Å². The van der Waals surface area contributed by atoms with Gasteiger partial charge in [-0.15, -0.1) is 11.3 Å². The average molecular weight is 923 g/mol. The largest absolute Gasteiger partial charge is 0.493 e. The highest BCUT2D eigenvalue weighted by atomic mass is 32.1. The number of likely N-dealkylation sites (tertiary alicyclic amines) is 1. The van der Waals surface area contributed by atoms with Crippen LogP contribution in [0.1, 0.15) is 116 Å². The highest BCUT2D eigenvalue weighted by Gasteiger charge is 2.50. The molecule has 65 heavy (non-hydrogen) atoms. The maximum absolute atomic E-state index is 14.6. The van der Waals surface area contributed by atoms with Crippen LogP contribution in [0.5, 0.6) is 5.75 Å². The number of rotatable bonds is 21. The minimum absolute atomic E-state index is 0.0669. The Bertz CT molecular complexity index is 2130. The van der Waals surface area contributed by atoms with Crippen LogP contribution in [-0.2, 0) is 48.1 Å². The quantitative estimate of drug-likeness (QED) is 0.0451. The van der Waals surface area contributed by atoms with Crippen molar-refractivity contribution in [2.24, 2.45) is 17.1 Å². The molecule has 356 valence electrons. The number of primary amides is 1. The number of amides is 5. The Morgan fingerprint density at radius 2 is 1.72 bits per heavy atom. The van der Waals surface area contributed by atoms with E-state index < -0.39 is 76.9 Å². The zero-order valence-corrected chi connectivity index (χ0v) is 39.8. The standard InChI is InChI=1S/C48H67FN6O9S/c1-29-42(65-28-51-29)34-17-16-33(24-40(58)53-39-25-35(56)26-55(39)44(60)41(46(3,4)5)43(59)54-48(49)20-21-48)37(23-34)62-22-10-9-11-31-12-14-32(15-13-31)27-63-30(2)36(18-19-38(50)57)52-45(61)64-47(6,7)8/h12-17,23,28,30,35-36,39,41,56H,9-11,18-22,24-27H2,1-8H3,(H2,50,57)(H,52,61)(H,53,58)(H,54,59)/t30-,35-,36+,39+,41+/m1/s1. The molecule has 1 aliphatic carbocycles. The molecule has 15 nitrogen and oxygen atoms in total. The first kappa shape index (κ1) is 50.9. The van der Waals surface area contributed by atoms with Gasteiger partial charge in [-0.3, -0.25) is 19.2 Å². The SMILES string of the molecule is Cc1ncsc1-c1ccc(CC(=O)N[C@@H]2C[C@@H](O)CN2C(=O)[C@H](C(=O)NC2(F)CC2)C(C)(C)C)c(OCCCCc2ccc(CO[C@H](C)[C@H](CCC(N)=O)NC(=O)OC(C)(C)C)cc2)c1. The molecule has 2 aliphatic rings. The van der Waals surface area contributed by atoms with E-state index in [9.17, 15) is 33.5 Å². The van der Waals surface area contributed by atoms with Crippen molar-refractivity contribution in [1.29, 1.82) is 0 Å². The van der Waals surface area contributed by atoms with Gasteiger partial charge in [0.25, 0.3) is 0 Å². The molecule has 5 atom stereocenters. The van der Waals surface area contributed by atoms with E-state index in [1.54, 1.807) is 47.1 Å².